The summed E-state index contributed by atoms with van der Waals surface area (Å²) in [5, 5.41) is 0. The SMILES string of the molecule is C[C@H]1CC([C]2CC(C)(C)CC2(C)C)[C@H](C)C1. The fourth-order valence-electron chi connectivity index (χ4n) is 4.81. The van der Waals surface area contributed by atoms with Gasteiger partial charge in [0.2, 0.25) is 0 Å². The minimum absolute atomic E-state index is 0.493. The second-order valence-corrected chi connectivity index (χ2v) is 8.09. The summed E-state index contributed by atoms with van der Waals surface area (Å²) in [6.07, 6.45) is 5.66. The van der Waals surface area contributed by atoms with Crippen molar-refractivity contribution in [3.05, 3.63) is 5.92 Å². The van der Waals surface area contributed by atoms with Gasteiger partial charge in [-0.05, 0) is 60.2 Å². The van der Waals surface area contributed by atoms with Gasteiger partial charge in [0.05, 0.1) is 0 Å². The van der Waals surface area contributed by atoms with Gasteiger partial charge >= 0.3 is 0 Å². The Balaban J connectivity index is 2.15. The van der Waals surface area contributed by atoms with Crippen LogP contribution in [0.5, 0.6) is 0 Å². The number of rotatable bonds is 1. The summed E-state index contributed by atoms with van der Waals surface area (Å²) in [6.45, 7) is 14.8. The van der Waals surface area contributed by atoms with E-state index in [1.165, 1.54) is 25.7 Å². The monoisotopic (exact) mass is 221 g/mol. The lowest BCUT2D eigenvalue weighted by Crippen LogP contribution is -2.25. The fraction of sp³-hybridized carbons (Fsp3) is 0.938. The van der Waals surface area contributed by atoms with Crippen LogP contribution < -0.4 is 0 Å². The van der Waals surface area contributed by atoms with Crippen molar-refractivity contribution in [3.63, 3.8) is 0 Å². The highest BCUT2D eigenvalue weighted by Crippen LogP contribution is 2.60. The summed E-state index contributed by atoms with van der Waals surface area (Å²) in [4.78, 5) is 0. The molecule has 0 saturated heterocycles. The fourth-order valence-corrected chi connectivity index (χ4v) is 4.81. The molecule has 2 aliphatic rings. The first-order valence-corrected chi connectivity index (χ1v) is 7.07. The van der Waals surface area contributed by atoms with Crippen molar-refractivity contribution in [2.24, 2.45) is 28.6 Å². The van der Waals surface area contributed by atoms with E-state index in [0.29, 0.717) is 10.8 Å². The maximum absolute atomic E-state index is 2.48. The molecule has 3 atom stereocenters. The van der Waals surface area contributed by atoms with Gasteiger partial charge in [-0.1, -0.05) is 41.5 Å². The lowest BCUT2D eigenvalue weighted by Gasteiger charge is -2.33. The third-order valence-corrected chi connectivity index (χ3v) is 5.02. The Hall–Kier alpha value is 0. The molecule has 2 fully saturated rings. The lowest BCUT2D eigenvalue weighted by atomic mass is 9.71. The number of hydrogen-bond acceptors (Lipinski definition) is 0. The first-order valence-electron chi connectivity index (χ1n) is 7.07. The average molecular weight is 221 g/mol. The quantitative estimate of drug-likeness (QED) is 0.578. The second-order valence-electron chi connectivity index (χ2n) is 8.09. The van der Waals surface area contributed by atoms with Gasteiger partial charge < -0.3 is 0 Å². The zero-order valence-electron chi connectivity index (χ0n) is 12.1. The van der Waals surface area contributed by atoms with E-state index in [-0.39, 0.29) is 0 Å². The summed E-state index contributed by atoms with van der Waals surface area (Å²) in [5.74, 6) is 4.70. The average Bonchev–Trinajstić information content (AvgIpc) is 2.48. The van der Waals surface area contributed by atoms with Crippen LogP contribution in [0.25, 0.3) is 0 Å². The van der Waals surface area contributed by atoms with Crippen molar-refractivity contribution in [1.29, 1.82) is 0 Å². The van der Waals surface area contributed by atoms with Crippen LogP contribution in [0.4, 0.5) is 0 Å². The minimum Gasteiger partial charge on any atom is -0.0625 e. The molecule has 0 N–H and O–H groups in total. The predicted molar refractivity (Wildman–Crippen MR) is 71.1 cm³/mol. The van der Waals surface area contributed by atoms with Crippen LogP contribution in [0.2, 0.25) is 0 Å². The van der Waals surface area contributed by atoms with Gasteiger partial charge in [-0.15, -0.1) is 0 Å². The normalized spacial score (nSPS) is 42.8. The molecule has 0 aromatic heterocycles. The Bertz CT molecular complexity index is 261. The Labute approximate surface area is 102 Å². The van der Waals surface area contributed by atoms with Crippen molar-refractivity contribution >= 4 is 0 Å². The standard InChI is InChI=1S/C16H29/c1-11-7-12(2)13(8-11)14-9-15(3,4)10-16(14,5)6/h11-13H,7-10H2,1-6H3/t11-,12-,13?/m1/s1. The van der Waals surface area contributed by atoms with Gasteiger partial charge in [0, 0.05) is 0 Å². The van der Waals surface area contributed by atoms with Gasteiger partial charge in [-0.2, -0.15) is 0 Å². The molecule has 1 radical (unpaired) electrons. The molecule has 0 heterocycles. The van der Waals surface area contributed by atoms with Gasteiger partial charge in [0.15, 0.2) is 0 Å². The molecule has 0 heteroatoms. The highest BCUT2D eigenvalue weighted by Gasteiger charge is 2.50. The molecule has 0 bridgehead atoms. The Morgan fingerprint density at radius 2 is 1.62 bits per heavy atom. The molecule has 1 unspecified atom stereocenters. The zero-order valence-corrected chi connectivity index (χ0v) is 12.1. The molecule has 0 aliphatic heterocycles. The molecule has 0 aromatic carbocycles. The van der Waals surface area contributed by atoms with Gasteiger partial charge in [-0.3, -0.25) is 0 Å². The summed E-state index contributed by atoms with van der Waals surface area (Å²) < 4.78 is 0. The van der Waals surface area contributed by atoms with Crippen LogP contribution in [-0.2, 0) is 0 Å². The smallest absolute Gasteiger partial charge is 0.0146 e. The molecule has 2 saturated carbocycles. The predicted octanol–water partition coefficient (Wildman–Crippen LogP) is 5.09. The third-order valence-electron chi connectivity index (χ3n) is 5.02. The van der Waals surface area contributed by atoms with Crippen LogP contribution in [0, 0.1) is 34.5 Å². The van der Waals surface area contributed by atoms with Crippen LogP contribution in [-0.4, -0.2) is 0 Å². The summed E-state index contributed by atoms with van der Waals surface area (Å²) in [6, 6.07) is 0. The molecular weight excluding hydrogens is 192 g/mol. The Kier molecular flexibility index (Phi) is 2.92. The highest BCUT2D eigenvalue weighted by molar-refractivity contribution is 5.18. The molecule has 2 aliphatic carbocycles. The first kappa shape index (κ1) is 12.5. The summed E-state index contributed by atoms with van der Waals surface area (Å²) in [5.41, 5.74) is 1.04. The van der Waals surface area contributed by atoms with E-state index in [2.05, 4.69) is 41.5 Å². The van der Waals surface area contributed by atoms with E-state index in [4.69, 9.17) is 0 Å². The first-order chi connectivity index (χ1) is 7.21. The van der Waals surface area contributed by atoms with Crippen LogP contribution in [0.15, 0.2) is 0 Å². The van der Waals surface area contributed by atoms with Crippen LogP contribution >= 0.6 is 0 Å². The van der Waals surface area contributed by atoms with E-state index in [9.17, 15) is 0 Å². The molecule has 0 spiro atoms. The largest absolute Gasteiger partial charge is 0.0625 e. The maximum atomic E-state index is 2.48. The summed E-state index contributed by atoms with van der Waals surface area (Å²) in [7, 11) is 0. The second kappa shape index (κ2) is 3.75. The van der Waals surface area contributed by atoms with Crippen LogP contribution in [0.3, 0.4) is 0 Å². The Morgan fingerprint density at radius 3 is 2.00 bits per heavy atom. The molecule has 0 aromatic rings. The van der Waals surface area contributed by atoms with Crippen LogP contribution in [0.1, 0.15) is 67.2 Å². The molecule has 93 valence electrons. The minimum atomic E-state index is 0.493. The highest BCUT2D eigenvalue weighted by atomic mass is 14.5. The molecule has 2 rings (SSSR count). The number of hydrogen-bond donors (Lipinski definition) is 0. The van der Waals surface area contributed by atoms with Crippen molar-refractivity contribution < 1.29 is 0 Å². The van der Waals surface area contributed by atoms with E-state index in [1.54, 1.807) is 0 Å². The molecule has 0 amide bonds. The lowest BCUT2D eigenvalue weighted by molar-refractivity contribution is 0.284. The van der Waals surface area contributed by atoms with E-state index < -0.39 is 0 Å². The Morgan fingerprint density at radius 1 is 1.00 bits per heavy atom. The van der Waals surface area contributed by atoms with Crippen molar-refractivity contribution in [1.82, 2.24) is 0 Å². The van der Waals surface area contributed by atoms with E-state index in [0.717, 1.165) is 17.8 Å². The van der Waals surface area contributed by atoms with E-state index >= 15 is 0 Å². The van der Waals surface area contributed by atoms with Gasteiger partial charge in [-0.25, -0.2) is 0 Å². The van der Waals surface area contributed by atoms with Gasteiger partial charge in [0.25, 0.3) is 0 Å². The molecular formula is C16H29. The van der Waals surface area contributed by atoms with Crippen molar-refractivity contribution in [2.75, 3.05) is 0 Å². The van der Waals surface area contributed by atoms with E-state index in [1.807, 2.05) is 5.92 Å². The zero-order chi connectivity index (χ0) is 12.1. The molecule has 16 heavy (non-hydrogen) atoms. The third kappa shape index (κ3) is 2.17. The molecule has 0 nitrogen and oxygen atoms in total. The van der Waals surface area contributed by atoms with Crippen molar-refractivity contribution in [2.45, 2.75) is 67.2 Å². The maximum Gasteiger partial charge on any atom is -0.0146 e. The van der Waals surface area contributed by atoms with Crippen molar-refractivity contribution in [3.8, 4) is 0 Å². The topological polar surface area (TPSA) is 0 Å². The van der Waals surface area contributed by atoms with Gasteiger partial charge in [0.1, 0.15) is 0 Å². The summed E-state index contributed by atoms with van der Waals surface area (Å²) >= 11 is 0.